The van der Waals surface area contributed by atoms with E-state index in [0.29, 0.717) is 4.32 Å². The van der Waals surface area contributed by atoms with Crippen molar-refractivity contribution in [1.29, 1.82) is 0 Å². The topological polar surface area (TPSA) is 3.24 Å². The number of thiocarbonyl (C=S) groups is 1. The fourth-order valence-corrected chi connectivity index (χ4v) is 0. The molecule has 0 aliphatic rings. The Hall–Kier alpha value is 0.850. The Morgan fingerprint density at radius 3 is 1.71 bits per heavy atom. The number of rotatable bonds is 0. The predicted octanol–water partition coefficient (Wildman–Crippen LogP) is 0.377. The summed E-state index contributed by atoms with van der Waals surface area (Å²) in [5.41, 5.74) is 0. The first-order valence-corrected chi connectivity index (χ1v) is 2.34. The summed E-state index contributed by atoms with van der Waals surface area (Å²) in [7, 11) is 3.66. The fraction of sp³-hybridized carbons (Fsp3) is 0.667. The average Bonchev–Trinajstić information content (AvgIpc) is 1.36. The number of hydrogen-bond acceptors (Lipinski definition) is 2. The van der Waals surface area contributed by atoms with E-state index in [9.17, 15) is 0 Å². The van der Waals surface area contributed by atoms with Crippen LogP contribution in [0.25, 0.3) is 0 Å². The largest absolute Gasteiger partial charge is 1.00 e. The van der Waals surface area contributed by atoms with E-state index in [4.69, 9.17) is 0 Å². The van der Waals surface area contributed by atoms with Gasteiger partial charge in [0.15, 0.2) is 0 Å². The molecule has 0 saturated heterocycles. The Morgan fingerprint density at radius 1 is 1.57 bits per heavy atom. The van der Waals surface area contributed by atoms with Crippen LogP contribution < -0.4 is 0 Å². The van der Waals surface area contributed by atoms with Gasteiger partial charge in [0.1, 0.15) is 0 Å². The van der Waals surface area contributed by atoms with Gasteiger partial charge in [0.05, 0.1) is 0 Å². The number of nitrogens with zero attached hydrogens (tertiary/aromatic N) is 1. The SMILES string of the molecule is CN(C)C(=S)[S-].[Ag+]. The van der Waals surface area contributed by atoms with Gasteiger partial charge in [-0.2, -0.15) is 0 Å². The molecule has 0 spiro atoms. The third-order valence-corrected chi connectivity index (χ3v) is 1.10. The zero-order valence-electron chi connectivity index (χ0n) is 4.07. The van der Waals surface area contributed by atoms with Crippen LogP contribution in [0.15, 0.2) is 0 Å². The molecule has 0 aliphatic heterocycles. The second-order valence-electron chi connectivity index (χ2n) is 1.16. The van der Waals surface area contributed by atoms with Crippen molar-refractivity contribution in [3.8, 4) is 0 Å². The van der Waals surface area contributed by atoms with Gasteiger partial charge in [-0.05, 0) is 0 Å². The summed E-state index contributed by atoms with van der Waals surface area (Å²) in [5.74, 6) is 0. The predicted molar refractivity (Wildman–Crippen MR) is 33.6 cm³/mol. The molecule has 0 aromatic rings. The monoisotopic (exact) mass is 227 g/mol. The molecular formula is C3H6AgNS2. The summed E-state index contributed by atoms with van der Waals surface area (Å²) in [5, 5.41) is 0. The molecule has 0 fully saturated rings. The first kappa shape index (κ1) is 10.8. The third kappa shape index (κ3) is 6.85. The summed E-state index contributed by atoms with van der Waals surface area (Å²) < 4.78 is 0.509. The van der Waals surface area contributed by atoms with Gasteiger partial charge in [0.25, 0.3) is 0 Å². The van der Waals surface area contributed by atoms with Gasteiger partial charge < -0.3 is 29.7 Å². The molecule has 0 rings (SSSR count). The van der Waals surface area contributed by atoms with E-state index in [0.717, 1.165) is 0 Å². The van der Waals surface area contributed by atoms with Crippen molar-refractivity contribution in [2.75, 3.05) is 14.1 Å². The molecule has 4 heteroatoms. The Balaban J connectivity index is 0. The summed E-state index contributed by atoms with van der Waals surface area (Å²) in [6, 6.07) is 0. The van der Waals surface area contributed by atoms with Crippen LogP contribution in [-0.4, -0.2) is 23.3 Å². The van der Waals surface area contributed by atoms with Gasteiger partial charge in [0.2, 0.25) is 0 Å². The van der Waals surface area contributed by atoms with E-state index in [-0.39, 0.29) is 22.4 Å². The molecule has 0 heterocycles. The molecule has 0 aromatic heterocycles. The summed E-state index contributed by atoms with van der Waals surface area (Å²) in [4.78, 5) is 1.71. The molecular weight excluding hydrogens is 222 g/mol. The van der Waals surface area contributed by atoms with Gasteiger partial charge in [-0.1, -0.05) is 4.32 Å². The molecule has 46 valence electrons. The molecule has 0 radical (unpaired) electrons. The van der Waals surface area contributed by atoms with Crippen LogP contribution in [0.1, 0.15) is 0 Å². The number of hydrogen-bond donors (Lipinski definition) is 0. The van der Waals surface area contributed by atoms with Gasteiger partial charge in [-0.25, -0.2) is 0 Å². The first-order valence-electron chi connectivity index (χ1n) is 1.53. The maximum atomic E-state index is 4.56. The molecule has 0 amide bonds. The van der Waals surface area contributed by atoms with Gasteiger partial charge in [-0.15, -0.1) is 0 Å². The van der Waals surface area contributed by atoms with E-state index >= 15 is 0 Å². The van der Waals surface area contributed by atoms with Gasteiger partial charge >= 0.3 is 22.4 Å². The van der Waals surface area contributed by atoms with Crippen LogP contribution in [0.4, 0.5) is 0 Å². The molecule has 0 aromatic carbocycles. The molecule has 0 saturated carbocycles. The van der Waals surface area contributed by atoms with Crippen molar-refractivity contribution in [2.24, 2.45) is 0 Å². The molecule has 0 unspecified atom stereocenters. The van der Waals surface area contributed by atoms with E-state index in [1.54, 1.807) is 4.90 Å². The Morgan fingerprint density at radius 2 is 1.71 bits per heavy atom. The first-order chi connectivity index (χ1) is 2.64. The molecule has 7 heavy (non-hydrogen) atoms. The van der Waals surface area contributed by atoms with Gasteiger partial charge in [-0.3, -0.25) is 0 Å². The van der Waals surface area contributed by atoms with Crippen LogP contribution in [0.2, 0.25) is 0 Å². The Kier molecular flexibility index (Phi) is 7.68. The minimum Gasteiger partial charge on any atom is -0.411 e. The molecule has 1 nitrogen and oxygen atoms in total. The normalized spacial score (nSPS) is 6.57. The van der Waals surface area contributed by atoms with Crippen molar-refractivity contribution in [1.82, 2.24) is 4.90 Å². The zero-order chi connectivity index (χ0) is 5.15. The van der Waals surface area contributed by atoms with Crippen molar-refractivity contribution in [2.45, 2.75) is 0 Å². The smallest absolute Gasteiger partial charge is 0.411 e. The standard InChI is InChI=1S/C3H7NS2.Ag/c1-4(2)3(5)6;/h1-2H3,(H,5,6);/q;+1/p-1. The second-order valence-corrected chi connectivity index (χ2v) is 2.19. The average molecular weight is 228 g/mol. The molecule has 0 aliphatic carbocycles. The summed E-state index contributed by atoms with van der Waals surface area (Å²) in [6.45, 7) is 0. The van der Waals surface area contributed by atoms with Crippen LogP contribution in [0.5, 0.6) is 0 Å². The fourth-order valence-electron chi connectivity index (χ4n) is 0. The zero-order valence-corrected chi connectivity index (χ0v) is 7.18. The maximum absolute atomic E-state index is 4.56. The van der Waals surface area contributed by atoms with E-state index in [1.807, 2.05) is 14.1 Å². The van der Waals surface area contributed by atoms with E-state index in [2.05, 4.69) is 24.8 Å². The maximum Gasteiger partial charge on any atom is 1.00 e. The van der Waals surface area contributed by atoms with Crippen molar-refractivity contribution in [3.63, 3.8) is 0 Å². The van der Waals surface area contributed by atoms with Crippen LogP contribution >= 0.6 is 12.2 Å². The van der Waals surface area contributed by atoms with E-state index < -0.39 is 0 Å². The second kappa shape index (κ2) is 5.00. The minimum atomic E-state index is 0. The van der Waals surface area contributed by atoms with Crippen molar-refractivity contribution in [3.05, 3.63) is 0 Å². The van der Waals surface area contributed by atoms with Crippen LogP contribution in [-0.2, 0) is 35.0 Å². The summed E-state index contributed by atoms with van der Waals surface area (Å²) >= 11 is 9.12. The Bertz CT molecular complexity index is 64.0. The van der Waals surface area contributed by atoms with Crippen LogP contribution in [0, 0.1) is 0 Å². The third-order valence-electron chi connectivity index (χ3n) is 0.365. The molecule has 0 atom stereocenters. The minimum absolute atomic E-state index is 0. The van der Waals surface area contributed by atoms with E-state index in [1.165, 1.54) is 0 Å². The van der Waals surface area contributed by atoms with Gasteiger partial charge in [0, 0.05) is 14.1 Å². The Labute approximate surface area is 70.4 Å². The molecule has 0 N–H and O–H groups in total. The van der Waals surface area contributed by atoms with Crippen LogP contribution in [0.3, 0.4) is 0 Å². The van der Waals surface area contributed by atoms with Crippen molar-refractivity contribution < 1.29 is 22.4 Å². The molecule has 0 bridgehead atoms. The summed E-state index contributed by atoms with van der Waals surface area (Å²) in [6.07, 6.45) is 0. The quantitative estimate of drug-likeness (QED) is 0.335. The van der Waals surface area contributed by atoms with Crippen molar-refractivity contribution >= 4 is 29.2 Å².